The van der Waals surface area contributed by atoms with E-state index in [0.717, 1.165) is 0 Å². The molecule has 106 valence electrons. The molecule has 10 nitrogen and oxygen atoms in total. The van der Waals surface area contributed by atoms with Gasteiger partial charge in [-0.3, -0.25) is 10.4 Å². The molecule has 6 N–H and O–H groups in total. The van der Waals surface area contributed by atoms with E-state index in [1.165, 1.54) is 23.4 Å². The average molecular weight is 280 g/mol. The van der Waals surface area contributed by atoms with E-state index in [0.29, 0.717) is 11.1 Å². The van der Waals surface area contributed by atoms with Gasteiger partial charge in [0.2, 0.25) is 0 Å². The normalized spacial score (nSPS) is 10.5. The molecule has 0 spiro atoms. The van der Waals surface area contributed by atoms with Gasteiger partial charge < -0.3 is 0 Å². The van der Waals surface area contributed by atoms with Crippen LogP contribution in [-0.2, 0) is 0 Å². The third-order valence-corrected chi connectivity index (χ3v) is 1.90. The van der Waals surface area contributed by atoms with Gasteiger partial charge in [-0.25, -0.2) is 31.4 Å². The van der Waals surface area contributed by atoms with Crippen molar-refractivity contribution in [3.05, 3.63) is 35.4 Å². The number of hydrogen-bond donors (Lipinski definition) is 6. The van der Waals surface area contributed by atoms with Crippen LogP contribution in [0.1, 0.15) is 11.1 Å². The summed E-state index contributed by atoms with van der Waals surface area (Å²) in [5, 5.41) is 23.5. The highest BCUT2D eigenvalue weighted by Crippen LogP contribution is 1.99. The quantitative estimate of drug-likeness (QED) is 0.256. The molecule has 0 atom stereocenters. The van der Waals surface area contributed by atoms with Crippen LogP contribution >= 0.6 is 0 Å². The number of hydrogen-bond acceptors (Lipinski definition) is 6. The second kappa shape index (κ2) is 8.18. The molecule has 1 rings (SSSR count). The molecule has 0 saturated carbocycles. The highest BCUT2D eigenvalue weighted by molar-refractivity contribution is 5.85. The van der Waals surface area contributed by atoms with E-state index in [2.05, 4.69) is 10.2 Å². The van der Waals surface area contributed by atoms with Crippen LogP contribution in [0.4, 0.5) is 9.59 Å². The van der Waals surface area contributed by atoms with Crippen molar-refractivity contribution in [1.82, 2.24) is 21.8 Å². The predicted octanol–water partition coefficient (Wildman–Crippen LogP) is -0.269. The number of nitrogens with zero attached hydrogens (tertiary/aromatic N) is 2. The molecule has 0 unspecified atom stereocenters. The Morgan fingerprint density at radius 3 is 1.50 bits per heavy atom. The van der Waals surface area contributed by atoms with Gasteiger partial charge in [-0.15, -0.1) is 0 Å². The van der Waals surface area contributed by atoms with Crippen molar-refractivity contribution in [1.29, 1.82) is 0 Å². The van der Waals surface area contributed by atoms with Crippen molar-refractivity contribution < 1.29 is 20.0 Å². The van der Waals surface area contributed by atoms with Gasteiger partial charge in [-0.2, -0.15) is 10.2 Å². The van der Waals surface area contributed by atoms with Gasteiger partial charge in [0.05, 0.1) is 12.4 Å². The molecule has 0 aliphatic carbocycles. The summed E-state index contributed by atoms with van der Waals surface area (Å²) in [6, 6.07) is 5.06. The third-order valence-electron chi connectivity index (χ3n) is 1.90. The summed E-state index contributed by atoms with van der Waals surface area (Å²) in [5.74, 6) is 0. The Bertz CT molecular complexity index is 466. The number of carbonyl (C=O) groups is 2. The summed E-state index contributed by atoms with van der Waals surface area (Å²) in [5.41, 5.74) is 8.14. The zero-order chi connectivity index (χ0) is 14.8. The number of benzene rings is 1. The van der Waals surface area contributed by atoms with E-state index in [4.69, 9.17) is 10.4 Å². The second-order valence-corrected chi connectivity index (χ2v) is 3.29. The van der Waals surface area contributed by atoms with Crippen LogP contribution in [0, 0.1) is 0 Å². The van der Waals surface area contributed by atoms with Crippen molar-refractivity contribution in [3.63, 3.8) is 0 Å². The van der Waals surface area contributed by atoms with Gasteiger partial charge in [0, 0.05) is 0 Å². The Kier molecular flexibility index (Phi) is 6.17. The minimum Gasteiger partial charge on any atom is -0.287 e. The average Bonchev–Trinajstić information content (AvgIpc) is 2.48. The molecule has 0 fully saturated rings. The summed E-state index contributed by atoms with van der Waals surface area (Å²) < 4.78 is 0. The topological polar surface area (TPSA) is 147 Å². The highest BCUT2D eigenvalue weighted by Gasteiger charge is 1.94. The maximum absolute atomic E-state index is 10.6. The van der Waals surface area contributed by atoms with Crippen molar-refractivity contribution in [2.24, 2.45) is 10.2 Å². The summed E-state index contributed by atoms with van der Waals surface area (Å²) in [6.07, 6.45) is 2.74. The maximum atomic E-state index is 10.6. The molecule has 4 amide bonds. The molecular formula is C10H12N6O4. The van der Waals surface area contributed by atoms with E-state index < -0.39 is 12.1 Å². The number of urea groups is 2. The van der Waals surface area contributed by atoms with Gasteiger partial charge in [0.1, 0.15) is 0 Å². The van der Waals surface area contributed by atoms with Gasteiger partial charge in [-0.05, 0) is 11.1 Å². The zero-order valence-electron chi connectivity index (χ0n) is 10.1. The first kappa shape index (κ1) is 15.1. The van der Waals surface area contributed by atoms with Gasteiger partial charge >= 0.3 is 12.1 Å². The number of hydrazone groups is 2. The number of nitrogens with one attached hydrogen (secondary N) is 4. The molecule has 0 aliphatic rings. The van der Waals surface area contributed by atoms with E-state index in [1.54, 1.807) is 24.3 Å². The molecular weight excluding hydrogens is 268 g/mol. The summed E-state index contributed by atoms with van der Waals surface area (Å²) >= 11 is 0. The molecule has 0 aliphatic heterocycles. The van der Waals surface area contributed by atoms with Gasteiger partial charge in [0.25, 0.3) is 0 Å². The Hall–Kier alpha value is -2.98. The van der Waals surface area contributed by atoms with Crippen molar-refractivity contribution in [3.8, 4) is 0 Å². The lowest BCUT2D eigenvalue weighted by atomic mass is 10.2. The largest absolute Gasteiger partial charge is 0.358 e. The molecule has 0 radical (unpaired) electrons. The first-order valence-corrected chi connectivity index (χ1v) is 5.22. The summed E-state index contributed by atoms with van der Waals surface area (Å²) in [4.78, 5) is 21.2. The maximum Gasteiger partial charge on any atom is 0.358 e. The second-order valence-electron chi connectivity index (χ2n) is 3.29. The van der Waals surface area contributed by atoms with Crippen LogP contribution in [0.3, 0.4) is 0 Å². The Balaban J connectivity index is 2.51. The van der Waals surface area contributed by atoms with E-state index >= 15 is 0 Å². The molecule has 10 heteroatoms. The first-order valence-electron chi connectivity index (χ1n) is 5.22. The Morgan fingerprint density at radius 1 is 0.850 bits per heavy atom. The molecule has 0 heterocycles. The van der Waals surface area contributed by atoms with Crippen LogP contribution in [-0.4, -0.2) is 34.9 Å². The third kappa shape index (κ3) is 5.57. The lowest BCUT2D eigenvalue weighted by Crippen LogP contribution is -2.29. The monoisotopic (exact) mass is 280 g/mol. The number of amides is 4. The Morgan fingerprint density at radius 2 is 1.20 bits per heavy atom. The number of hydroxylamine groups is 2. The minimum atomic E-state index is -0.849. The fourth-order valence-corrected chi connectivity index (χ4v) is 1.05. The number of rotatable bonds is 4. The van der Waals surface area contributed by atoms with E-state index in [9.17, 15) is 9.59 Å². The molecule has 20 heavy (non-hydrogen) atoms. The van der Waals surface area contributed by atoms with Gasteiger partial charge in [-0.1, -0.05) is 24.3 Å². The minimum absolute atomic E-state index is 0.696. The van der Waals surface area contributed by atoms with Crippen LogP contribution in [0.2, 0.25) is 0 Å². The Labute approximate surface area is 113 Å². The van der Waals surface area contributed by atoms with Gasteiger partial charge in [0.15, 0.2) is 0 Å². The zero-order valence-corrected chi connectivity index (χ0v) is 10.1. The molecule has 1 aromatic rings. The van der Waals surface area contributed by atoms with Crippen LogP contribution in [0.25, 0.3) is 0 Å². The molecule has 0 bridgehead atoms. The van der Waals surface area contributed by atoms with Crippen molar-refractivity contribution in [2.75, 3.05) is 0 Å². The van der Waals surface area contributed by atoms with Crippen LogP contribution < -0.4 is 21.8 Å². The van der Waals surface area contributed by atoms with Crippen LogP contribution in [0.15, 0.2) is 34.5 Å². The fraction of sp³-hybridized carbons (Fsp3) is 0. The molecule has 0 saturated heterocycles. The van der Waals surface area contributed by atoms with E-state index in [-0.39, 0.29) is 0 Å². The van der Waals surface area contributed by atoms with Crippen molar-refractivity contribution in [2.45, 2.75) is 0 Å². The summed E-state index contributed by atoms with van der Waals surface area (Å²) in [7, 11) is 0. The standard InChI is InChI=1S/C10H12N6O4/c17-9(15-19)13-11-5-7-1-2-8(4-3-7)6-12-14-10(18)16-20/h1-6,19-20H,(H2,13,15,17)(H2,14,16,18). The SMILES string of the molecule is O=C(NO)NN=Cc1ccc(C=NNC(=O)NO)cc1. The van der Waals surface area contributed by atoms with E-state index in [1.807, 2.05) is 10.9 Å². The molecule has 0 aromatic heterocycles. The molecule has 1 aromatic carbocycles. The van der Waals surface area contributed by atoms with Crippen LogP contribution in [0.5, 0.6) is 0 Å². The van der Waals surface area contributed by atoms with Crippen molar-refractivity contribution >= 4 is 24.5 Å². The lowest BCUT2D eigenvalue weighted by Gasteiger charge is -1.97. The smallest absolute Gasteiger partial charge is 0.287 e. The number of carbonyl (C=O) groups excluding carboxylic acids is 2. The predicted molar refractivity (Wildman–Crippen MR) is 68.5 cm³/mol. The summed E-state index contributed by atoms with van der Waals surface area (Å²) in [6.45, 7) is 0. The first-order chi connectivity index (χ1) is 9.65. The highest BCUT2D eigenvalue weighted by atomic mass is 16.5. The fourth-order valence-electron chi connectivity index (χ4n) is 1.05. The lowest BCUT2D eigenvalue weighted by molar-refractivity contribution is 0.162.